The molecule has 26 heavy (non-hydrogen) atoms. The summed E-state index contributed by atoms with van der Waals surface area (Å²) in [7, 11) is 0. The minimum atomic E-state index is -0.324. The monoisotopic (exact) mass is 356 g/mol. The summed E-state index contributed by atoms with van der Waals surface area (Å²) in [6, 6.07) is 9.95. The van der Waals surface area contributed by atoms with E-state index in [0.29, 0.717) is 0 Å². The van der Waals surface area contributed by atoms with Crippen LogP contribution in [0, 0.1) is 6.92 Å². The number of aromatic nitrogens is 3. The predicted molar refractivity (Wildman–Crippen MR) is 99.5 cm³/mol. The van der Waals surface area contributed by atoms with E-state index in [0.717, 1.165) is 36.6 Å². The van der Waals surface area contributed by atoms with Gasteiger partial charge in [-0.15, -0.1) is 0 Å². The molecule has 3 rings (SSSR count). The Morgan fingerprint density at radius 1 is 1.27 bits per heavy atom. The van der Waals surface area contributed by atoms with Crippen molar-refractivity contribution < 1.29 is 9.53 Å². The van der Waals surface area contributed by atoms with Crippen LogP contribution in [-0.2, 0) is 16.1 Å². The Labute approximate surface area is 155 Å². The second-order valence-corrected chi connectivity index (χ2v) is 7.08. The van der Waals surface area contributed by atoms with Crippen molar-refractivity contribution in [1.82, 2.24) is 19.7 Å². The van der Waals surface area contributed by atoms with Crippen LogP contribution in [0.2, 0.25) is 0 Å². The minimum absolute atomic E-state index is 0.0152. The fourth-order valence-electron chi connectivity index (χ4n) is 3.59. The number of ether oxygens (including phenoxy) is 1. The molecule has 1 aromatic carbocycles. The van der Waals surface area contributed by atoms with E-state index in [1.807, 2.05) is 48.6 Å². The molecular weight excluding hydrogens is 328 g/mol. The van der Waals surface area contributed by atoms with Crippen LogP contribution in [-0.4, -0.2) is 38.2 Å². The number of rotatable bonds is 6. The molecule has 1 saturated heterocycles. The van der Waals surface area contributed by atoms with Crippen LogP contribution in [0.4, 0.5) is 0 Å². The summed E-state index contributed by atoms with van der Waals surface area (Å²) in [5.41, 5.74) is 1.06. The van der Waals surface area contributed by atoms with Crippen LogP contribution in [0.5, 0.6) is 0 Å². The highest BCUT2D eigenvalue weighted by molar-refractivity contribution is 5.79. The first-order valence-electron chi connectivity index (χ1n) is 9.42. The predicted octanol–water partition coefficient (Wildman–Crippen LogP) is 3.44. The van der Waals surface area contributed by atoms with E-state index >= 15 is 0 Å². The molecule has 0 radical (unpaired) electrons. The quantitative estimate of drug-likeness (QED) is 0.795. The Morgan fingerprint density at radius 3 is 2.65 bits per heavy atom. The largest absolute Gasteiger partial charge is 0.358 e. The summed E-state index contributed by atoms with van der Waals surface area (Å²) < 4.78 is 8.00. The van der Waals surface area contributed by atoms with Crippen molar-refractivity contribution in [2.24, 2.45) is 0 Å². The lowest BCUT2D eigenvalue weighted by Gasteiger charge is -2.43. The van der Waals surface area contributed by atoms with Gasteiger partial charge in [-0.25, -0.2) is 9.67 Å². The first-order chi connectivity index (χ1) is 12.5. The van der Waals surface area contributed by atoms with Crippen LogP contribution < -0.4 is 0 Å². The average Bonchev–Trinajstić information content (AvgIpc) is 3.00. The normalized spacial score (nSPS) is 20.8. The van der Waals surface area contributed by atoms with E-state index in [2.05, 4.69) is 29.1 Å². The number of nitrogens with zero attached hydrogens (tertiary/aromatic N) is 4. The van der Waals surface area contributed by atoms with Gasteiger partial charge in [-0.2, -0.15) is 5.10 Å². The molecule has 140 valence electrons. The third kappa shape index (κ3) is 3.65. The van der Waals surface area contributed by atoms with Crippen LogP contribution in [0.3, 0.4) is 0 Å². The van der Waals surface area contributed by atoms with Gasteiger partial charge in [-0.3, -0.25) is 4.79 Å². The van der Waals surface area contributed by atoms with Crippen molar-refractivity contribution in [2.75, 3.05) is 6.61 Å². The highest BCUT2D eigenvalue weighted by Gasteiger charge is 2.42. The third-order valence-corrected chi connectivity index (χ3v) is 4.74. The zero-order chi connectivity index (χ0) is 18.7. The molecule has 0 N–H and O–H groups in total. The molecule has 1 aromatic heterocycles. The summed E-state index contributed by atoms with van der Waals surface area (Å²) in [4.78, 5) is 19.2. The number of morpholine rings is 1. The molecule has 1 aliphatic heterocycles. The average molecular weight is 356 g/mol. The zero-order valence-electron chi connectivity index (χ0n) is 16.1. The molecule has 1 fully saturated rings. The molecule has 0 bridgehead atoms. The van der Waals surface area contributed by atoms with Crippen LogP contribution in [0.25, 0.3) is 0 Å². The number of benzene rings is 1. The maximum Gasteiger partial charge on any atom is 0.249 e. The lowest BCUT2D eigenvalue weighted by atomic mass is 9.95. The highest BCUT2D eigenvalue weighted by atomic mass is 16.5. The first-order valence-corrected chi connectivity index (χ1v) is 9.42. The summed E-state index contributed by atoms with van der Waals surface area (Å²) in [6.07, 6.45) is 1.80. The van der Waals surface area contributed by atoms with Gasteiger partial charge in [0.1, 0.15) is 18.5 Å². The molecular formula is C20H28N4O2. The van der Waals surface area contributed by atoms with Gasteiger partial charge in [0.15, 0.2) is 5.82 Å². The molecule has 2 atom stereocenters. The number of unbranched alkanes of at least 4 members (excludes halogenated alkanes) is 1. The van der Waals surface area contributed by atoms with E-state index in [9.17, 15) is 4.79 Å². The van der Waals surface area contributed by atoms with Crippen molar-refractivity contribution in [1.29, 1.82) is 0 Å². The van der Waals surface area contributed by atoms with Gasteiger partial charge in [0.05, 0.1) is 6.04 Å². The maximum absolute atomic E-state index is 12.6. The molecule has 6 nitrogen and oxygen atoms in total. The second-order valence-electron chi connectivity index (χ2n) is 7.08. The van der Waals surface area contributed by atoms with E-state index < -0.39 is 0 Å². The SMILES string of the molecule is CCCCn1nc(C)nc1[C@H]1OCC(=O)N(C(C)C)[C@@H]1c1ccccc1. The summed E-state index contributed by atoms with van der Waals surface area (Å²) in [5, 5.41) is 4.56. The molecule has 0 saturated carbocycles. The van der Waals surface area contributed by atoms with Crippen molar-refractivity contribution in [3.05, 3.63) is 47.5 Å². The van der Waals surface area contributed by atoms with Crippen LogP contribution in [0.1, 0.15) is 63.0 Å². The molecule has 0 aliphatic carbocycles. The summed E-state index contributed by atoms with van der Waals surface area (Å²) >= 11 is 0. The Bertz CT molecular complexity index is 742. The lowest BCUT2D eigenvalue weighted by Crippen LogP contribution is -2.49. The lowest BCUT2D eigenvalue weighted by molar-refractivity contribution is -0.162. The van der Waals surface area contributed by atoms with Gasteiger partial charge >= 0.3 is 0 Å². The number of hydrogen-bond acceptors (Lipinski definition) is 4. The number of amides is 1. The number of carbonyl (C=O) groups is 1. The van der Waals surface area contributed by atoms with Crippen molar-refractivity contribution in [3.8, 4) is 0 Å². The van der Waals surface area contributed by atoms with Crippen molar-refractivity contribution in [3.63, 3.8) is 0 Å². The van der Waals surface area contributed by atoms with Crippen molar-refractivity contribution in [2.45, 2.75) is 65.3 Å². The van der Waals surface area contributed by atoms with Crippen LogP contribution >= 0.6 is 0 Å². The molecule has 0 spiro atoms. The Balaban J connectivity index is 2.05. The molecule has 2 aromatic rings. The zero-order valence-corrected chi connectivity index (χ0v) is 16.1. The van der Waals surface area contributed by atoms with Gasteiger partial charge in [0.2, 0.25) is 5.91 Å². The fraction of sp³-hybridized carbons (Fsp3) is 0.550. The highest BCUT2D eigenvalue weighted by Crippen LogP contribution is 2.40. The van der Waals surface area contributed by atoms with Gasteiger partial charge < -0.3 is 9.64 Å². The van der Waals surface area contributed by atoms with Gasteiger partial charge in [-0.05, 0) is 32.8 Å². The summed E-state index contributed by atoms with van der Waals surface area (Å²) in [6.45, 7) is 9.03. The second kappa shape index (κ2) is 7.99. The van der Waals surface area contributed by atoms with Crippen LogP contribution in [0.15, 0.2) is 30.3 Å². The van der Waals surface area contributed by atoms with Gasteiger partial charge in [0.25, 0.3) is 0 Å². The molecule has 2 heterocycles. The molecule has 1 amide bonds. The molecule has 6 heteroatoms. The Hall–Kier alpha value is -2.21. The van der Waals surface area contributed by atoms with E-state index in [-0.39, 0.29) is 30.7 Å². The fourth-order valence-corrected chi connectivity index (χ4v) is 3.59. The summed E-state index contributed by atoms with van der Waals surface area (Å²) in [5.74, 6) is 1.56. The standard InChI is InChI=1S/C20H28N4O2/c1-5-6-12-23-20(21-15(4)22-23)19-18(16-10-8-7-9-11-16)24(14(2)3)17(25)13-26-19/h7-11,14,18-19H,5-6,12-13H2,1-4H3/t18-,19+/m1/s1. The maximum atomic E-state index is 12.6. The first kappa shape index (κ1) is 18.6. The van der Waals surface area contributed by atoms with Crippen molar-refractivity contribution >= 4 is 5.91 Å². The number of aryl methyl sites for hydroxylation is 2. The third-order valence-electron chi connectivity index (χ3n) is 4.74. The Kier molecular flexibility index (Phi) is 5.71. The van der Waals surface area contributed by atoms with Gasteiger partial charge in [-0.1, -0.05) is 43.7 Å². The van der Waals surface area contributed by atoms with Gasteiger partial charge in [0, 0.05) is 12.6 Å². The van der Waals surface area contributed by atoms with E-state index in [4.69, 9.17) is 4.74 Å². The number of carbonyl (C=O) groups excluding carboxylic acids is 1. The minimum Gasteiger partial charge on any atom is -0.358 e. The molecule has 1 aliphatic rings. The number of hydrogen-bond donors (Lipinski definition) is 0. The van der Waals surface area contributed by atoms with E-state index in [1.54, 1.807) is 0 Å². The molecule has 0 unspecified atom stereocenters. The topological polar surface area (TPSA) is 60.2 Å². The Morgan fingerprint density at radius 2 is 2.00 bits per heavy atom. The van der Waals surface area contributed by atoms with E-state index in [1.165, 1.54) is 0 Å². The smallest absolute Gasteiger partial charge is 0.249 e.